The maximum atomic E-state index is 6.18. The van der Waals surface area contributed by atoms with Crippen molar-refractivity contribution >= 4 is 39.6 Å². The minimum atomic E-state index is 0.460. The molecule has 5 rings (SSSR count). The monoisotopic (exact) mass is 374 g/mol. The summed E-state index contributed by atoms with van der Waals surface area (Å²) in [4.78, 5) is 13.0. The normalized spacial score (nSPS) is 20.2. The Kier molecular flexibility index (Phi) is 4.13. The van der Waals surface area contributed by atoms with Crippen LogP contribution in [0, 0.1) is 5.92 Å². The Labute approximate surface area is 162 Å². The lowest BCUT2D eigenvalue weighted by atomic mass is 10.0. The minimum absolute atomic E-state index is 0.460. The first-order valence-electron chi connectivity index (χ1n) is 9.28. The van der Waals surface area contributed by atoms with Gasteiger partial charge in [-0.25, -0.2) is 9.97 Å². The first kappa shape index (κ1) is 16.5. The van der Waals surface area contributed by atoms with Gasteiger partial charge in [0.2, 0.25) is 0 Å². The molecule has 134 valence electrons. The van der Waals surface area contributed by atoms with Crippen molar-refractivity contribution in [3.8, 4) is 0 Å². The molecule has 0 radical (unpaired) electrons. The van der Waals surface area contributed by atoms with Crippen LogP contribution in [0.4, 0.5) is 0 Å². The van der Waals surface area contributed by atoms with Crippen molar-refractivity contribution in [3.05, 3.63) is 71.9 Å². The number of allylic oxidation sites excluding steroid dienone is 1. The molecule has 2 atom stereocenters. The standard InChI is InChI=1S/C22H19ClN4/c23-21-19-9-11-27(22(19)26-14-25-21)18-8-6-15(12-18)3-4-16-5-7-17-2-1-10-24-20(17)13-16/h1-5,7,9-11,13-15,18H,6,8,12H2/b4-3+. The molecule has 4 aromatic rings. The Morgan fingerprint density at radius 2 is 2.04 bits per heavy atom. The third-order valence-corrected chi connectivity index (χ3v) is 5.79. The maximum absolute atomic E-state index is 6.18. The highest BCUT2D eigenvalue weighted by molar-refractivity contribution is 6.33. The lowest BCUT2D eigenvalue weighted by Crippen LogP contribution is -2.04. The van der Waals surface area contributed by atoms with Crippen LogP contribution in [0.1, 0.15) is 30.9 Å². The second-order valence-electron chi connectivity index (χ2n) is 7.17. The van der Waals surface area contributed by atoms with Gasteiger partial charge in [0.25, 0.3) is 0 Å². The number of hydrogen-bond donors (Lipinski definition) is 0. The Morgan fingerprint density at radius 3 is 3.00 bits per heavy atom. The topological polar surface area (TPSA) is 43.6 Å². The Balaban J connectivity index is 1.34. The molecule has 0 bridgehead atoms. The summed E-state index contributed by atoms with van der Waals surface area (Å²) in [5, 5.41) is 2.63. The van der Waals surface area contributed by atoms with Crippen LogP contribution < -0.4 is 0 Å². The van der Waals surface area contributed by atoms with Crippen LogP contribution >= 0.6 is 11.6 Å². The molecule has 1 aliphatic rings. The van der Waals surface area contributed by atoms with Crippen LogP contribution in [0.5, 0.6) is 0 Å². The van der Waals surface area contributed by atoms with E-state index in [9.17, 15) is 0 Å². The van der Waals surface area contributed by atoms with Gasteiger partial charge < -0.3 is 4.57 Å². The van der Waals surface area contributed by atoms with Gasteiger partial charge in [-0.1, -0.05) is 42.0 Å². The SMILES string of the molecule is Clc1ncnc2c1ccn2C1CCC(/C=C/c2ccc3cccnc3c2)C1. The van der Waals surface area contributed by atoms with E-state index in [1.165, 1.54) is 17.4 Å². The molecule has 3 aromatic heterocycles. The number of aromatic nitrogens is 4. The fourth-order valence-corrected chi connectivity index (χ4v) is 4.28. The van der Waals surface area contributed by atoms with Crippen molar-refractivity contribution < 1.29 is 0 Å². The molecule has 0 amide bonds. The summed E-state index contributed by atoms with van der Waals surface area (Å²) < 4.78 is 2.26. The van der Waals surface area contributed by atoms with E-state index in [0.29, 0.717) is 17.1 Å². The molecule has 0 N–H and O–H groups in total. The van der Waals surface area contributed by atoms with E-state index in [-0.39, 0.29) is 0 Å². The number of fused-ring (bicyclic) bond motifs is 2. The van der Waals surface area contributed by atoms with Crippen LogP contribution in [-0.4, -0.2) is 19.5 Å². The first-order valence-corrected chi connectivity index (χ1v) is 9.66. The van der Waals surface area contributed by atoms with Gasteiger partial charge in [-0.05, 0) is 48.9 Å². The van der Waals surface area contributed by atoms with Crippen molar-refractivity contribution in [2.45, 2.75) is 25.3 Å². The number of benzene rings is 1. The fourth-order valence-electron chi connectivity index (χ4n) is 4.09. The molecule has 5 heteroatoms. The van der Waals surface area contributed by atoms with Crippen LogP contribution in [0.2, 0.25) is 5.15 Å². The number of rotatable bonds is 3. The average Bonchev–Trinajstić information content (AvgIpc) is 3.33. The van der Waals surface area contributed by atoms with E-state index in [2.05, 4.69) is 62.1 Å². The maximum Gasteiger partial charge on any atom is 0.145 e. The zero-order valence-corrected chi connectivity index (χ0v) is 15.5. The molecule has 3 heterocycles. The minimum Gasteiger partial charge on any atom is -0.329 e. The number of halogens is 1. The van der Waals surface area contributed by atoms with E-state index in [1.54, 1.807) is 6.33 Å². The zero-order chi connectivity index (χ0) is 18.2. The molecule has 1 saturated carbocycles. The number of hydrogen-bond acceptors (Lipinski definition) is 3. The smallest absolute Gasteiger partial charge is 0.145 e. The highest BCUT2D eigenvalue weighted by Gasteiger charge is 2.25. The van der Waals surface area contributed by atoms with E-state index in [1.807, 2.05) is 18.3 Å². The van der Waals surface area contributed by atoms with Gasteiger partial charge in [-0.15, -0.1) is 0 Å². The van der Waals surface area contributed by atoms with Crippen molar-refractivity contribution in [1.82, 2.24) is 19.5 Å². The summed E-state index contributed by atoms with van der Waals surface area (Å²) in [6.45, 7) is 0. The van der Waals surface area contributed by atoms with Gasteiger partial charge in [0.05, 0.1) is 10.9 Å². The molecule has 1 fully saturated rings. The molecule has 0 saturated heterocycles. The Hall–Kier alpha value is -2.72. The third kappa shape index (κ3) is 3.10. The van der Waals surface area contributed by atoms with Gasteiger partial charge in [-0.3, -0.25) is 4.98 Å². The lowest BCUT2D eigenvalue weighted by molar-refractivity contribution is 0.518. The van der Waals surface area contributed by atoms with Gasteiger partial charge in [0, 0.05) is 23.8 Å². The van der Waals surface area contributed by atoms with Crippen LogP contribution in [-0.2, 0) is 0 Å². The Morgan fingerprint density at radius 1 is 1.07 bits per heavy atom. The van der Waals surface area contributed by atoms with Crippen LogP contribution in [0.15, 0.2) is 61.2 Å². The largest absolute Gasteiger partial charge is 0.329 e. The van der Waals surface area contributed by atoms with Crippen LogP contribution in [0.25, 0.3) is 28.0 Å². The molecule has 27 heavy (non-hydrogen) atoms. The van der Waals surface area contributed by atoms with E-state index in [4.69, 9.17) is 11.6 Å². The van der Waals surface area contributed by atoms with E-state index in [0.717, 1.165) is 29.4 Å². The summed E-state index contributed by atoms with van der Waals surface area (Å²) in [5.74, 6) is 0.573. The molecular formula is C22H19ClN4. The van der Waals surface area contributed by atoms with Gasteiger partial charge in [-0.2, -0.15) is 0 Å². The van der Waals surface area contributed by atoms with E-state index >= 15 is 0 Å². The van der Waals surface area contributed by atoms with E-state index < -0.39 is 0 Å². The second-order valence-corrected chi connectivity index (χ2v) is 7.52. The van der Waals surface area contributed by atoms with Crippen molar-refractivity contribution in [2.75, 3.05) is 0 Å². The molecule has 1 aliphatic carbocycles. The lowest BCUT2D eigenvalue weighted by Gasteiger charge is -2.13. The van der Waals surface area contributed by atoms with Gasteiger partial charge >= 0.3 is 0 Å². The molecule has 4 nitrogen and oxygen atoms in total. The first-order chi connectivity index (χ1) is 13.3. The summed E-state index contributed by atoms with van der Waals surface area (Å²) in [5.41, 5.74) is 3.18. The quantitative estimate of drug-likeness (QED) is 0.433. The second kappa shape index (κ2) is 6.78. The average molecular weight is 375 g/mol. The molecular weight excluding hydrogens is 356 g/mol. The molecule has 2 unspecified atom stereocenters. The third-order valence-electron chi connectivity index (χ3n) is 5.49. The Bertz CT molecular complexity index is 1150. The van der Waals surface area contributed by atoms with Crippen LogP contribution in [0.3, 0.4) is 0 Å². The highest BCUT2D eigenvalue weighted by Crippen LogP contribution is 2.38. The molecule has 0 spiro atoms. The molecule has 1 aromatic carbocycles. The van der Waals surface area contributed by atoms with Gasteiger partial charge in [0.15, 0.2) is 0 Å². The number of nitrogens with zero attached hydrogens (tertiary/aromatic N) is 4. The summed E-state index contributed by atoms with van der Waals surface area (Å²) in [7, 11) is 0. The molecule has 0 aliphatic heterocycles. The predicted octanol–water partition coefficient (Wildman–Crippen LogP) is 5.69. The fraction of sp³-hybridized carbons (Fsp3) is 0.227. The van der Waals surface area contributed by atoms with Gasteiger partial charge in [0.1, 0.15) is 17.1 Å². The summed E-state index contributed by atoms with van der Waals surface area (Å²) in [6.07, 6.45) is 13.5. The van der Waals surface area contributed by atoms with Crippen molar-refractivity contribution in [3.63, 3.8) is 0 Å². The summed E-state index contributed by atoms with van der Waals surface area (Å²) >= 11 is 6.18. The zero-order valence-electron chi connectivity index (χ0n) is 14.8. The van der Waals surface area contributed by atoms with Crippen molar-refractivity contribution in [2.24, 2.45) is 5.92 Å². The predicted molar refractivity (Wildman–Crippen MR) is 110 cm³/mol. The number of pyridine rings is 1. The van der Waals surface area contributed by atoms with Crippen molar-refractivity contribution in [1.29, 1.82) is 0 Å². The highest BCUT2D eigenvalue weighted by atomic mass is 35.5. The summed E-state index contributed by atoms with van der Waals surface area (Å²) in [6, 6.07) is 13.0.